The predicted octanol–water partition coefficient (Wildman–Crippen LogP) is 1.75. The quantitative estimate of drug-likeness (QED) is 0.516. The molecule has 0 fully saturated rings. The van der Waals surface area contributed by atoms with Crippen molar-refractivity contribution in [3.8, 4) is 0 Å². The number of nitrogens with zero attached hydrogens (tertiary/aromatic N) is 4. The Labute approximate surface area is 137 Å². The summed E-state index contributed by atoms with van der Waals surface area (Å²) >= 11 is 0. The smallest absolute Gasteiger partial charge is 0.354 e. The summed E-state index contributed by atoms with van der Waals surface area (Å²) < 4.78 is 0. The molecule has 1 atom stereocenters. The molecule has 0 aliphatic heterocycles. The number of hydrogen-bond acceptors (Lipinski definition) is 8. The number of hydrazine groups is 1. The Balaban J connectivity index is 2.19. The van der Waals surface area contributed by atoms with Crippen LogP contribution in [0.5, 0.6) is 0 Å². The zero-order chi connectivity index (χ0) is 17.5. The van der Waals surface area contributed by atoms with Gasteiger partial charge in [0.25, 0.3) is 5.91 Å². The second-order valence-corrected chi connectivity index (χ2v) is 4.92. The highest BCUT2D eigenvalue weighted by Crippen LogP contribution is 2.28. The highest BCUT2D eigenvalue weighted by atomic mass is 16.6. The molecule has 0 aliphatic rings. The largest absolute Gasteiger partial charge is 0.362 e. The summed E-state index contributed by atoms with van der Waals surface area (Å²) in [5.74, 6) is -0.580. The molecule has 1 unspecified atom stereocenters. The van der Waals surface area contributed by atoms with Crippen LogP contribution in [-0.4, -0.2) is 31.8 Å². The molecular formula is C14H17N7O3. The number of hydrogen-bond donors (Lipinski definition) is 3. The molecule has 2 aromatic rings. The van der Waals surface area contributed by atoms with Gasteiger partial charge in [0.2, 0.25) is 11.6 Å². The standard InChI is InChI=1S/C14H17N7O3/c1-3-9(2)18-12-11(21(23)24)13(17-8-16-12)19-20-14(22)10-6-4-5-7-15-10/h4-9H,3H2,1-2H3,(H,20,22)(H2,16,17,18,19). The van der Waals surface area contributed by atoms with Crippen molar-refractivity contribution in [1.82, 2.24) is 20.4 Å². The molecule has 0 saturated heterocycles. The zero-order valence-corrected chi connectivity index (χ0v) is 13.2. The van der Waals surface area contributed by atoms with Crippen LogP contribution in [0.2, 0.25) is 0 Å². The summed E-state index contributed by atoms with van der Waals surface area (Å²) in [5, 5.41) is 14.3. The number of anilines is 2. The van der Waals surface area contributed by atoms with Crippen molar-refractivity contribution in [3.05, 3.63) is 46.5 Å². The predicted molar refractivity (Wildman–Crippen MR) is 87.4 cm³/mol. The van der Waals surface area contributed by atoms with Gasteiger partial charge in [0.1, 0.15) is 12.0 Å². The van der Waals surface area contributed by atoms with Gasteiger partial charge in [0.05, 0.1) is 4.92 Å². The van der Waals surface area contributed by atoms with E-state index >= 15 is 0 Å². The fourth-order valence-corrected chi connectivity index (χ4v) is 1.76. The highest BCUT2D eigenvalue weighted by molar-refractivity contribution is 5.93. The van der Waals surface area contributed by atoms with Crippen molar-refractivity contribution in [3.63, 3.8) is 0 Å². The van der Waals surface area contributed by atoms with E-state index in [1.54, 1.807) is 12.1 Å². The first-order valence-electron chi connectivity index (χ1n) is 7.26. The minimum atomic E-state index is -0.611. The van der Waals surface area contributed by atoms with Crippen molar-refractivity contribution < 1.29 is 9.72 Å². The fourth-order valence-electron chi connectivity index (χ4n) is 1.76. The lowest BCUT2D eigenvalue weighted by atomic mass is 10.2. The maximum Gasteiger partial charge on any atom is 0.354 e. The molecule has 0 aromatic carbocycles. The molecular weight excluding hydrogens is 314 g/mol. The topological polar surface area (TPSA) is 135 Å². The van der Waals surface area contributed by atoms with Crippen molar-refractivity contribution >= 4 is 23.2 Å². The van der Waals surface area contributed by atoms with E-state index in [9.17, 15) is 14.9 Å². The molecule has 3 N–H and O–H groups in total. The average molecular weight is 331 g/mol. The first kappa shape index (κ1) is 17.1. The molecule has 2 heterocycles. The number of carbonyl (C=O) groups excluding carboxylic acids is 1. The minimum Gasteiger partial charge on any atom is -0.362 e. The highest BCUT2D eigenvalue weighted by Gasteiger charge is 2.24. The van der Waals surface area contributed by atoms with Crippen LogP contribution in [0.4, 0.5) is 17.3 Å². The molecule has 0 aliphatic carbocycles. The van der Waals surface area contributed by atoms with Gasteiger partial charge >= 0.3 is 5.69 Å². The summed E-state index contributed by atoms with van der Waals surface area (Å²) in [6, 6.07) is 4.84. The van der Waals surface area contributed by atoms with E-state index in [0.717, 1.165) is 6.42 Å². The third-order valence-corrected chi connectivity index (χ3v) is 3.19. The van der Waals surface area contributed by atoms with Gasteiger partial charge in [-0.15, -0.1) is 0 Å². The summed E-state index contributed by atoms with van der Waals surface area (Å²) in [6.07, 6.45) is 3.41. The van der Waals surface area contributed by atoms with E-state index in [4.69, 9.17) is 0 Å². The zero-order valence-electron chi connectivity index (χ0n) is 13.2. The van der Waals surface area contributed by atoms with Gasteiger partial charge in [-0.3, -0.25) is 30.7 Å². The van der Waals surface area contributed by atoms with Crippen LogP contribution >= 0.6 is 0 Å². The Kier molecular flexibility index (Phi) is 5.55. The second-order valence-electron chi connectivity index (χ2n) is 4.92. The molecule has 126 valence electrons. The molecule has 10 heteroatoms. The van der Waals surface area contributed by atoms with Gasteiger partial charge in [-0.1, -0.05) is 13.0 Å². The molecule has 0 saturated carbocycles. The fraction of sp³-hybridized carbons (Fsp3) is 0.286. The molecule has 24 heavy (non-hydrogen) atoms. The lowest BCUT2D eigenvalue weighted by Gasteiger charge is -2.13. The number of pyridine rings is 1. The Morgan fingerprint density at radius 3 is 2.67 bits per heavy atom. The van der Waals surface area contributed by atoms with E-state index in [-0.39, 0.29) is 29.1 Å². The lowest BCUT2D eigenvalue weighted by Crippen LogP contribution is -2.31. The van der Waals surface area contributed by atoms with Gasteiger partial charge in [0.15, 0.2) is 0 Å². The first-order valence-corrected chi connectivity index (χ1v) is 7.26. The lowest BCUT2D eigenvalue weighted by molar-refractivity contribution is -0.383. The van der Waals surface area contributed by atoms with Crippen LogP contribution in [0.25, 0.3) is 0 Å². The Morgan fingerprint density at radius 2 is 2.04 bits per heavy atom. The van der Waals surface area contributed by atoms with E-state index in [2.05, 4.69) is 31.1 Å². The van der Waals surface area contributed by atoms with E-state index in [0.29, 0.717) is 0 Å². The molecule has 1 amide bonds. The number of rotatable bonds is 7. The molecule has 10 nitrogen and oxygen atoms in total. The summed E-state index contributed by atoms with van der Waals surface area (Å²) in [4.78, 5) is 34.3. The van der Waals surface area contributed by atoms with Crippen LogP contribution in [0.1, 0.15) is 30.8 Å². The third kappa shape index (κ3) is 4.12. The van der Waals surface area contributed by atoms with Crippen LogP contribution in [0.3, 0.4) is 0 Å². The van der Waals surface area contributed by atoms with Gasteiger partial charge in [-0.05, 0) is 25.5 Å². The molecule has 0 spiro atoms. The molecule has 0 radical (unpaired) electrons. The number of amides is 1. The summed E-state index contributed by atoms with van der Waals surface area (Å²) in [7, 11) is 0. The number of carbonyl (C=O) groups is 1. The monoisotopic (exact) mass is 331 g/mol. The Morgan fingerprint density at radius 1 is 1.29 bits per heavy atom. The maximum atomic E-state index is 11.9. The van der Waals surface area contributed by atoms with Gasteiger partial charge in [-0.25, -0.2) is 9.97 Å². The summed E-state index contributed by atoms with van der Waals surface area (Å²) in [5.41, 5.74) is 4.60. The SMILES string of the molecule is CCC(C)Nc1ncnc(NNC(=O)c2ccccn2)c1[N+](=O)[O-]. The van der Waals surface area contributed by atoms with Crippen molar-refractivity contribution in [2.45, 2.75) is 26.3 Å². The van der Waals surface area contributed by atoms with Gasteiger partial charge < -0.3 is 5.32 Å². The van der Waals surface area contributed by atoms with E-state index in [1.807, 2.05) is 13.8 Å². The van der Waals surface area contributed by atoms with Crippen molar-refractivity contribution in [2.75, 3.05) is 10.7 Å². The van der Waals surface area contributed by atoms with Gasteiger partial charge in [-0.2, -0.15) is 0 Å². The first-order chi connectivity index (χ1) is 11.5. The second kappa shape index (κ2) is 7.81. The van der Waals surface area contributed by atoms with Crippen LogP contribution in [-0.2, 0) is 0 Å². The van der Waals surface area contributed by atoms with Crippen LogP contribution in [0.15, 0.2) is 30.7 Å². The minimum absolute atomic E-state index is 0.00504. The van der Waals surface area contributed by atoms with Crippen LogP contribution in [0, 0.1) is 10.1 Å². The molecule has 2 rings (SSSR count). The maximum absolute atomic E-state index is 11.9. The van der Waals surface area contributed by atoms with Crippen LogP contribution < -0.4 is 16.2 Å². The Bertz CT molecular complexity index is 724. The van der Waals surface area contributed by atoms with E-state index < -0.39 is 10.8 Å². The summed E-state index contributed by atoms with van der Waals surface area (Å²) in [6.45, 7) is 3.82. The number of nitrogens with one attached hydrogen (secondary N) is 3. The van der Waals surface area contributed by atoms with E-state index in [1.165, 1.54) is 18.6 Å². The number of nitro groups is 1. The number of aromatic nitrogens is 3. The molecule has 2 aromatic heterocycles. The van der Waals surface area contributed by atoms with Crippen molar-refractivity contribution in [2.24, 2.45) is 0 Å². The third-order valence-electron chi connectivity index (χ3n) is 3.19. The average Bonchev–Trinajstić information content (AvgIpc) is 2.60. The van der Waals surface area contributed by atoms with Crippen molar-refractivity contribution in [1.29, 1.82) is 0 Å². The Hall–Kier alpha value is -3.30. The normalized spacial score (nSPS) is 11.4. The van der Waals surface area contributed by atoms with Gasteiger partial charge in [0, 0.05) is 12.2 Å². The molecule has 0 bridgehead atoms.